The van der Waals surface area contributed by atoms with Crippen LogP contribution in [-0.2, 0) is 12.0 Å². The van der Waals surface area contributed by atoms with Gasteiger partial charge in [-0.05, 0) is 25.3 Å². The van der Waals surface area contributed by atoms with Crippen molar-refractivity contribution in [2.24, 2.45) is 0 Å². The number of aliphatic hydroxyl groups is 1. The Morgan fingerprint density at radius 2 is 2.06 bits per heavy atom. The molecule has 2 aromatic rings. The molecule has 0 saturated heterocycles. The SMILES string of the molecule is CCn1cc(C(O)C2(c3ccccc3)CC2)cn1. The fourth-order valence-electron chi connectivity index (χ4n) is 2.64. The van der Waals surface area contributed by atoms with Crippen LogP contribution in [0.5, 0.6) is 0 Å². The lowest BCUT2D eigenvalue weighted by atomic mass is 9.87. The molecule has 1 N–H and O–H groups in total. The summed E-state index contributed by atoms with van der Waals surface area (Å²) in [5, 5.41) is 14.9. The highest BCUT2D eigenvalue weighted by atomic mass is 16.3. The van der Waals surface area contributed by atoms with Gasteiger partial charge in [0, 0.05) is 23.7 Å². The molecular weight excluding hydrogens is 224 g/mol. The molecule has 18 heavy (non-hydrogen) atoms. The summed E-state index contributed by atoms with van der Waals surface area (Å²) in [6.07, 6.45) is 5.40. The summed E-state index contributed by atoms with van der Waals surface area (Å²) in [6.45, 7) is 2.89. The second kappa shape index (κ2) is 4.25. The molecule has 1 aromatic heterocycles. The number of hydrogen-bond donors (Lipinski definition) is 1. The Balaban J connectivity index is 1.90. The molecule has 1 aliphatic rings. The van der Waals surface area contributed by atoms with E-state index in [1.54, 1.807) is 6.20 Å². The maximum absolute atomic E-state index is 10.6. The van der Waals surface area contributed by atoms with E-state index in [1.807, 2.05) is 36.0 Å². The minimum atomic E-state index is -0.444. The third kappa shape index (κ3) is 1.75. The number of aliphatic hydroxyl groups excluding tert-OH is 1. The number of aryl methyl sites for hydroxylation is 1. The standard InChI is InChI=1S/C15H18N2O/c1-2-17-11-12(10-16-17)14(18)15(8-9-15)13-6-4-3-5-7-13/h3-7,10-11,14,18H,2,8-9H2,1H3. The van der Waals surface area contributed by atoms with Crippen LogP contribution in [-0.4, -0.2) is 14.9 Å². The van der Waals surface area contributed by atoms with E-state index in [4.69, 9.17) is 0 Å². The lowest BCUT2D eigenvalue weighted by Crippen LogP contribution is -2.17. The number of aromatic nitrogens is 2. The second-order valence-electron chi connectivity index (χ2n) is 5.05. The largest absolute Gasteiger partial charge is 0.387 e. The van der Waals surface area contributed by atoms with Crippen molar-refractivity contribution in [3.05, 3.63) is 53.9 Å². The number of rotatable bonds is 4. The minimum Gasteiger partial charge on any atom is -0.387 e. The molecule has 1 heterocycles. The third-order valence-electron chi connectivity index (χ3n) is 3.95. The average Bonchev–Trinajstić information content (AvgIpc) is 3.10. The zero-order valence-electron chi connectivity index (χ0n) is 10.6. The van der Waals surface area contributed by atoms with Gasteiger partial charge in [-0.3, -0.25) is 4.68 Å². The van der Waals surface area contributed by atoms with E-state index < -0.39 is 6.10 Å². The van der Waals surface area contributed by atoms with Crippen LogP contribution in [0.1, 0.15) is 37.0 Å². The van der Waals surface area contributed by atoms with Gasteiger partial charge in [-0.2, -0.15) is 5.10 Å². The molecule has 0 amide bonds. The van der Waals surface area contributed by atoms with Gasteiger partial charge in [0.05, 0.1) is 12.3 Å². The lowest BCUT2D eigenvalue weighted by molar-refractivity contribution is 0.133. The van der Waals surface area contributed by atoms with Crippen LogP contribution >= 0.6 is 0 Å². The maximum Gasteiger partial charge on any atom is 0.0916 e. The van der Waals surface area contributed by atoms with E-state index in [9.17, 15) is 5.11 Å². The summed E-state index contributed by atoms with van der Waals surface area (Å²) >= 11 is 0. The van der Waals surface area contributed by atoms with Crippen LogP contribution in [0, 0.1) is 0 Å². The van der Waals surface area contributed by atoms with Gasteiger partial charge >= 0.3 is 0 Å². The van der Waals surface area contributed by atoms with Gasteiger partial charge in [0.25, 0.3) is 0 Å². The molecule has 1 saturated carbocycles. The van der Waals surface area contributed by atoms with Gasteiger partial charge in [-0.15, -0.1) is 0 Å². The zero-order valence-corrected chi connectivity index (χ0v) is 10.6. The van der Waals surface area contributed by atoms with Crippen molar-refractivity contribution in [3.63, 3.8) is 0 Å². The van der Waals surface area contributed by atoms with Crippen molar-refractivity contribution >= 4 is 0 Å². The predicted molar refractivity (Wildman–Crippen MR) is 70.2 cm³/mol. The fourth-order valence-corrected chi connectivity index (χ4v) is 2.64. The summed E-state index contributed by atoms with van der Waals surface area (Å²) < 4.78 is 1.86. The van der Waals surface area contributed by atoms with Crippen LogP contribution in [0.15, 0.2) is 42.7 Å². The van der Waals surface area contributed by atoms with Gasteiger partial charge in [0.2, 0.25) is 0 Å². The first-order valence-corrected chi connectivity index (χ1v) is 6.52. The molecule has 3 nitrogen and oxygen atoms in total. The van der Waals surface area contributed by atoms with Gasteiger partial charge in [0.1, 0.15) is 0 Å². The number of hydrogen-bond acceptors (Lipinski definition) is 2. The summed E-state index contributed by atoms with van der Waals surface area (Å²) in [7, 11) is 0. The van der Waals surface area contributed by atoms with Crippen LogP contribution in [0.25, 0.3) is 0 Å². The molecule has 0 spiro atoms. The Morgan fingerprint density at radius 1 is 1.33 bits per heavy atom. The molecule has 0 bridgehead atoms. The van der Waals surface area contributed by atoms with Gasteiger partial charge < -0.3 is 5.11 Å². The average molecular weight is 242 g/mol. The Morgan fingerprint density at radius 3 is 2.61 bits per heavy atom. The van der Waals surface area contributed by atoms with E-state index in [0.717, 1.165) is 24.9 Å². The highest BCUT2D eigenvalue weighted by molar-refractivity contribution is 5.36. The molecule has 1 fully saturated rings. The van der Waals surface area contributed by atoms with E-state index >= 15 is 0 Å². The smallest absolute Gasteiger partial charge is 0.0916 e. The highest BCUT2D eigenvalue weighted by Crippen LogP contribution is 2.56. The lowest BCUT2D eigenvalue weighted by Gasteiger charge is -2.21. The first-order valence-electron chi connectivity index (χ1n) is 6.52. The topological polar surface area (TPSA) is 38.0 Å². The minimum absolute atomic E-state index is 0.0805. The van der Waals surface area contributed by atoms with Gasteiger partial charge in [-0.25, -0.2) is 0 Å². The van der Waals surface area contributed by atoms with E-state index in [1.165, 1.54) is 5.56 Å². The van der Waals surface area contributed by atoms with Crippen molar-refractivity contribution < 1.29 is 5.11 Å². The van der Waals surface area contributed by atoms with Gasteiger partial charge in [-0.1, -0.05) is 30.3 Å². The first-order chi connectivity index (χ1) is 8.76. The summed E-state index contributed by atoms with van der Waals surface area (Å²) in [5.74, 6) is 0. The monoisotopic (exact) mass is 242 g/mol. The van der Waals surface area contributed by atoms with Crippen molar-refractivity contribution in [1.82, 2.24) is 9.78 Å². The third-order valence-corrected chi connectivity index (χ3v) is 3.95. The van der Waals surface area contributed by atoms with Crippen molar-refractivity contribution in [2.75, 3.05) is 0 Å². The maximum atomic E-state index is 10.6. The van der Waals surface area contributed by atoms with Crippen molar-refractivity contribution in [1.29, 1.82) is 0 Å². The van der Waals surface area contributed by atoms with Crippen LogP contribution < -0.4 is 0 Å². The molecular formula is C15H18N2O. The van der Waals surface area contributed by atoms with E-state index in [0.29, 0.717) is 0 Å². The summed E-state index contributed by atoms with van der Waals surface area (Å²) in [6, 6.07) is 10.3. The Hall–Kier alpha value is -1.61. The quantitative estimate of drug-likeness (QED) is 0.895. The molecule has 0 aliphatic heterocycles. The predicted octanol–water partition coefficient (Wildman–Crippen LogP) is 2.67. The Kier molecular flexibility index (Phi) is 2.71. The van der Waals surface area contributed by atoms with Crippen molar-refractivity contribution in [2.45, 2.75) is 37.8 Å². The molecule has 0 radical (unpaired) electrons. The van der Waals surface area contributed by atoms with Crippen molar-refractivity contribution in [3.8, 4) is 0 Å². The van der Waals surface area contributed by atoms with Gasteiger partial charge in [0.15, 0.2) is 0 Å². The first kappa shape index (κ1) is 11.5. The second-order valence-corrected chi connectivity index (χ2v) is 5.05. The summed E-state index contributed by atoms with van der Waals surface area (Å²) in [4.78, 5) is 0. The summed E-state index contributed by atoms with van der Waals surface area (Å²) in [5.41, 5.74) is 2.09. The molecule has 3 rings (SSSR count). The van der Waals surface area contributed by atoms with Crippen LogP contribution in [0.3, 0.4) is 0 Å². The molecule has 94 valence electrons. The Labute approximate surface area is 107 Å². The number of nitrogens with zero attached hydrogens (tertiary/aromatic N) is 2. The highest BCUT2D eigenvalue weighted by Gasteiger charge is 2.51. The van der Waals surface area contributed by atoms with E-state index in [2.05, 4.69) is 17.2 Å². The molecule has 1 unspecified atom stereocenters. The Bertz CT molecular complexity index is 528. The van der Waals surface area contributed by atoms with E-state index in [-0.39, 0.29) is 5.41 Å². The molecule has 3 heteroatoms. The zero-order chi connectivity index (χ0) is 12.6. The molecule has 1 atom stereocenters. The molecule has 1 aliphatic carbocycles. The van der Waals surface area contributed by atoms with Crippen LogP contribution in [0.2, 0.25) is 0 Å². The number of benzene rings is 1. The molecule has 1 aromatic carbocycles. The normalized spacial score (nSPS) is 18.6. The van der Waals surface area contributed by atoms with Crippen LogP contribution in [0.4, 0.5) is 0 Å². The fraction of sp³-hybridized carbons (Fsp3) is 0.400.